The quantitative estimate of drug-likeness (QED) is 0.464. The molecule has 0 aliphatic carbocycles. The van der Waals surface area contributed by atoms with Crippen LogP contribution < -0.4 is 11.1 Å². The summed E-state index contributed by atoms with van der Waals surface area (Å²) in [6, 6.07) is 6.11. The summed E-state index contributed by atoms with van der Waals surface area (Å²) >= 11 is 1.76. The SMILES string of the molecule is Cn1nccc1CN=C(N)NCCc1cccs1.I. The van der Waals surface area contributed by atoms with Gasteiger partial charge in [0.25, 0.3) is 0 Å². The van der Waals surface area contributed by atoms with E-state index in [2.05, 4.69) is 32.9 Å². The van der Waals surface area contributed by atoms with E-state index >= 15 is 0 Å². The van der Waals surface area contributed by atoms with Gasteiger partial charge < -0.3 is 11.1 Å². The van der Waals surface area contributed by atoms with Gasteiger partial charge in [-0.15, -0.1) is 35.3 Å². The van der Waals surface area contributed by atoms with Gasteiger partial charge in [-0.3, -0.25) is 4.68 Å². The van der Waals surface area contributed by atoms with Gasteiger partial charge in [-0.05, 0) is 23.9 Å². The molecule has 0 aliphatic heterocycles. The molecule has 7 heteroatoms. The van der Waals surface area contributed by atoms with Crippen LogP contribution in [0.15, 0.2) is 34.8 Å². The molecule has 2 heterocycles. The first kappa shape index (κ1) is 16.0. The molecule has 0 aliphatic rings. The maximum Gasteiger partial charge on any atom is 0.188 e. The van der Waals surface area contributed by atoms with Crippen LogP contribution >= 0.6 is 35.3 Å². The Balaban J connectivity index is 0.00000180. The van der Waals surface area contributed by atoms with Crippen molar-refractivity contribution in [3.05, 3.63) is 40.3 Å². The molecular formula is C12H18IN5S. The highest BCUT2D eigenvalue weighted by Gasteiger charge is 1.98. The number of nitrogens with one attached hydrogen (secondary N) is 1. The van der Waals surface area contributed by atoms with Crippen molar-refractivity contribution in [1.29, 1.82) is 0 Å². The second kappa shape index (κ2) is 8.16. The standard InChI is InChI=1S/C12H17N5S.HI/c1-17-10(4-7-16-17)9-15-12(13)14-6-5-11-3-2-8-18-11;/h2-4,7-8H,5-6,9H2,1H3,(H3,13,14,15);1H. The average Bonchev–Trinajstić information content (AvgIpc) is 2.98. The van der Waals surface area contributed by atoms with Crippen LogP contribution in [0.3, 0.4) is 0 Å². The molecule has 0 unspecified atom stereocenters. The Kier molecular flexibility index (Phi) is 6.85. The molecule has 0 saturated heterocycles. The third-order valence-electron chi connectivity index (χ3n) is 2.59. The summed E-state index contributed by atoms with van der Waals surface area (Å²) in [4.78, 5) is 5.62. The number of nitrogens with two attached hydrogens (primary N) is 1. The van der Waals surface area contributed by atoms with E-state index in [0.717, 1.165) is 18.7 Å². The summed E-state index contributed by atoms with van der Waals surface area (Å²) < 4.78 is 1.79. The van der Waals surface area contributed by atoms with Crippen molar-refractivity contribution >= 4 is 41.3 Å². The van der Waals surface area contributed by atoms with Crippen molar-refractivity contribution < 1.29 is 0 Å². The van der Waals surface area contributed by atoms with E-state index in [1.807, 2.05) is 13.1 Å². The Bertz CT molecular complexity index is 506. The van der Waals surface area contributed by atoms with E-state index in [0.29, 0.717) is 12.5 Å². The van der Waals surface area contributed by atoms with Crippen molar-refractivity contribution in [3.63, 3.8) is 0 Å². The van der Waals surface area contributed by atoms with Gasteiger partial charge in [0.1, 0.15) is 0 Å². The first-order chi connectivity index (χ1) is 8.75. The zero-order valence-electron chi connectivity index (χ0n) is 10.7. The minimum Gasteiger partial charge on any atom is -0.370 e. The fraction of sp³-hybridized carbons (Fsp3) is 0.333. The average molecular weight is 391 g/mol. The number of aliphatic imine (C=N–C) groups is 1. The van der Waals surface area contributed by atoms with Gasteiger partial charge in [-0.25, -0.2) is 4.99 Å². The molecule has 0 saturated carbocycles. The minimum absolute atomic E-state index is 0. The molecule has 0 radical (unpaired) electrons. The van der Waals surface area contributed by atoms with Crippen molar-refractivity contribution in [2.45, 2.75) is 13.0 Å². The molecule has 0 fully saturated rings. The Morgan fingerprint density at radius 3 is 3.00 bits per heavy atom. The third-order valence-corrected chi connectivity index (χ3v) is 3.53. The Hall–Kier alpha value is -1.09. The van der Waals surface area contributed by atoms with Gasteiger partial charge in [-0.2, -0.15) is 5.10 Å². The smallest absolute Gasteiger partial charge is 0.188 e. The van der Waals surface area contributed by atoms with Crippen molar-refractivity contribution in [2.24, 2.45) is 17.8 Å². The fourth-order valence-corrected chi connectivity index (χ4v) is 2.26. The second-order valence-electron chi connectivity index (χ2n) is 3.90. The third kappa shape index (κ3) is 5.19. The zero-order valence-corrected chi connectivity index (χ0v) is 13.9. The van der Waals surface area contributed by atoms with Gasteiger partial charge in [0, 0.05) is 24.7 Å². The van der Waals surface area contributed by atoms with Crippen LogP contribution in [0.4, 0.5) is 0 Å². The summed E-state index contributed by atoms with van der Waals surface area (Å²) in [5.74, 6) is 0.479. The van der Waals surface area contributed by atoms with Crippen molar-refractivity contribution in [3.8, 4) is 0 Å². The molecule has 0 aromatic carbocycles. The van der Waals surface area contributed by atoms with E-state index < -0.39 is 0 Å². The largest absolute Gasteiger partial charge is 0.370 e. The Morgan fingerprint density at radius 2 is 2.37 bits per heavy atom. The number of guanidine groups is 1. The molecule has 19 heavy (non-hydrogen) atoms. The van der Waals surface area contributed by atoms with Crippen LogP contribution in [0, 0.1) is 0 Å². The zero-order chi connectivity index (χ0) is 12.8. The number of nitrogens with zero attached hydrogens (tertiary/aromatic N) is 3. The molecule has 5 nitrogen and oxygen atoms in total. The number of rotatable bonds is 5. The van der Waals surface area contributed by atoms with Crippen LogP contribution in [-0.4, -0.2) is 22.3 Å². The van der Waals surface area contributed by atoms with Crippen molar-refractivity contribution in [1.82, 2.24) is 15.1 Å². The van der Waals surface area contributed by atoms with E-state index in [1.165, 1.54) is 4.88 Å². The lowest BCUT2D eigenvalue weighted by Gasteiger charge is -2.04. The highest BCUT2D eigenvalue weighted by atomic mass is 127. The molecule has 104 valence electrons. The Labute approximate surface area is 133 Å². The van der Waals surface area contributed by atoms with Gasteiger partial charge in [0.05, 0.1) is 12.2 Å². The number of thiophene rings is 1. The molecule has 0 bridgehead atoms. The molecule has 0 atom stereocenters. The topological polar surface area (TPSA) is 68.2 Å². The van der Waals surface area contributed by atoms with Gasteiger partial charge in [0.15, 0.2) is 5.96 Å². The summed E-state index contributed by atoms with van der Waals surface area (Å²) in [5, 5.41) is 9.26. The highest BCUT2D eigenvalue weighted by molar-refractivity contribution is 14.0. The van der Waals surface area contributed by atoms with Crippen LogP contribution in [0.25, 0.3) is 0 Å². The summed E-state index contributed by atoms with van der Waals surface area (Å²) in [5.41, 5.74) is 6.83. The number of aryl methyl sites for hydroxylation is 1. The first-order valence-electron chi connectivity index (χ1n) is 5.79. The van der Waals surface area contributed by atoms with Crippen LogP contribution in [0.1, 0.15) is 10.6 Å². The normalized spacial score (nSPS) is 11.1. The summed E-state index contributed by atoms with van der Waals surface area (Å²) in [6.07, 6.45) is 2.73. The monoisotopic (exact) mass is 391 g/mol. The summed E-state index contributed by atoms with van der Waals surface area (Å²) in [7, 11) is 1.89. The van der Waals surface area contributed by atoms with E-state index in [-0.39, 0.29) is 24.0 Å². The maximum absolute atomic E-state index is 5.79. The minimum atomic E-state index is 0. The lowest BCUT2D eigenvalue weighted by Crippen LogP contribution is -2.33. The fourth-order valence-electron chi connectivity index (χ4n) is 1.55. The van der Waals surface area contributed by atoms with E-state index in [4.69, 9.17) is 5.73 Å². The predicted molar refractivity (Wildman–Crippen MR) is 90.0 cm³/mol. The second-order valence-corrected chi connectivity index (χ2v) is 4.94. The van der Waals surface area contributed by atoms with Crippen molar-refractivity contribution in [2.75, 3.05) is 6.54 Å². The van der Waals surface area contributed by atoms with Gasteiger partial charge >= 0.3 is 0 Å². The summed E-state index contributed by atoms with van der Waals surface area (Å²) in [6.45, 7) is 1.36. The van der Waals surface area contributed by atoms with Gasteiger partial charge in [-0.1, -0.05) is 6.07 Å². The lowest BCUT2D eigenvalue weighted by molar-refractivity contribution is 0.710. The number of hydrogen-bond donors (Lipinski definition) is 2. The molecule has 2 aromatic heterocycles. The first-order valence-corrected chi connectivity index (χ1v) is 6.67. The van der Waals surface area contributed by atoms with Gasteiger partial charge in [0.2, 0.25) is 0 Å². The Morgan fingerprint density at radius 1 is 1.53 bits per heavy atom. The maximum atomic E-state index is 5.79. The van der Waals surface area contributed by atoms with Crippen LogP contribution in [-0.2, 0) is 20.0 Å². The number of halogens is 1. The lowest BCUT2D eigenvalue weighted by atomic mass is 10.3. The van der Waals surface area contributed by atoms with Crippen LogP contribution in [0.5, 0.6) is 0 Å². The molecule has 0 spiro atoms. The highest BCUT2D eigenvalue weighted by Crippen LogP contribution is 2.07. The predicted octanol–water partition coefficient (Wildman–Crippen LogP) is 1.75. The molecule has 2 rings (SSSR count). The number of hydrogen-bond acceptors (Lipinski definition) is 3. The van der Waals surface area contributed by atoms with E-state index in [9.17, 15) is 0 Å². The number of aromatic nitrogens is 2. The molecule has 3 N–H and O–H groups in total. The van der Waals surface area contributed by atoms with Crippen LogP contribution in [0.2, 0.25) is 0 Å². The molecule has 2 aromatic rings. The molecular weight excluding hydrogens is 373 g/mol. The molecule has 0 amide bonds. The van der Waals surface area contributed by atoms with E-state index in [1.54, 1.807) is 22.2 Å².